The first-order chi connectivity index (χ1) is 9.33. The number of nitrogens with one attached hydrogen (secondary N) is 1. The lowest BCUT2D eigenvalue weighted by atomic mass is 9.88. The van der Waals surface area contributed by atoms with E-state index in [4.69, 9.17) is 0 Å². The van der Waals surface area contributed by atoms with Crippen LogP contribution >= 0.6 is 11.3 Å². The molecule has 0 bridgehead atoms. The number of rotatable bonds is 3. The van der Waals surface area contributed by atoms with Gasteiger partial charge in [-0.05, 0) is 19.3 Å². The summed E-state index contributed by atoms with van der Waals surface area (Å²) in [5, 5.41) is 6.32. The molecule has 3 rings (SSSR count). The highest BCUT2D eigenvalue weighted by molar-refractivity contribution is 7.13. The van der Waals surface area contributed by atoms with E-state index in [1.54, 1.807) is 11.3 Å². The van der Waals surface area contributed by atoms with E-state index in [1.165, 1.54) is 19.3 Å². The van der Waals surface area contributed by atoms with Gasteiger partial charge in [0.05, 0.1) is 0 Å². The van der Waals surface area contributed by atoms with Crippen LogP contribution in [0.3, 0.4) is 0 Å². The Hall–Kier alpha value is -1.10. The minimum atomic E-state index is 0.266. The maximum Gasteiger partial charge on any atom is 0.223 e. The number of hydrogen-bond donors (Lipinski definition) is 1. The third-order valence-corrected chi connectivity index (χ3v) is 5.03. The first kappa shape index (κ1) is 12.9. The summed E-state index contributed by atoms with van der Waals surface area (Å²) in [6.45, 7) is 1.91. The van der Waals surface area contributed by atoms with Gasteiger partial charge in [-0.2, -0.15) is 0 Å². The van der Waals surface area contributed by atoms with E-state index >= 15 is 0 Å². The van der Waals surface area contributed by atoms with Crippen molar-refractivity contribution in [3.8, 4) is 0 Å². The molecule has 1 amide bonds. The Kier molecular flexibility index (Phi) is 4.01. The second-order valence-corrected chi connectivity index (χ2v) is 6.46. The monoisotopic (exact) mass is 279 g/mol. The zero-order valence-corrected chi connectivity index (χ0v) is 12.0. The van der Waals surface area contributed by atoms with Crippen molar-refractivity contribution in [2.45, 2.75) is 44.6 Å². The van der Waals surface area contributed by atoms with Crippen LogP contribution in [-0.2, 0) is 4.79 Å². The Labute approximate surface area is 118 Å². The Morgan fingerprint density at radius 3 is 2.89 bits per heavy atom. The SMILES string of the molecule is O=C(N[C@@H]1CCN(c2nccs2)C1)C1CCCCC1. The zero-order valence-electron chi connectivity index (χ0n) is 11.2. The van der Waals surface area contributed by atoms with E-state index in [0.717, 1.165) is 37.5 Å². The molecule has 0 aromatic carbocycles. The summed E-state index contributed by atoms with van der Waals surface area (Å²) >= 11 is 1.67. The van der Waals surface area contributed by atoms with Gasteiger partial charge in [0, 0.05) is 36.6 Å². The minimum absolute atomic E-state index is 0.266. The summed E-state index contributed by atoms with van der Waals surface area (Å²) in [5.41, 5.74) is 0. The molecular weight excluding hydrogens is 258 g/mol. The van der Waals surface area contributed by atoms with Crippen LogP contribution in [-0.4, -0.2) is 30.0 Å². The van der Waals surface area contributed by atoms with Gasteiger partial charge in [0.15, 0.2) is 5.13 Å². The summed E-state index contributed by atoms with van der Waals surface area (Å²) in [6, 6.07) is 0.304. The van der Waals surface area contributed by atoms with E-state index < -0.39 is 0 Å². The molecule has 1 atom stereocenters. The summed E-state index contributed by atoms with van der Waals surface area (Å²) in [7, 11) is 0. The predicted octanol–water partition coefficient (Wildman–Crippen LogP) is 2.42. The summed E-state index contributed by atoms with van der Waals surface area (Å²) in [5.74, 6) is 0.549. The van der Waals surface area contributed by atoms with Crippen molar-refractivity contribution in [1.29, 1.82) is 0 Å². The molecule has 2 aliphatic rings. The highest BCUT2D eigenvalue weighted by Crippen LogP contribution is 2.25. The molecule has 1 N–H and O–H groups in total. The zero-order chi connectivity index (χ0) is 13.1. The number of carbonyl (C=O) groups excluding carboxylic acids is 1. The minimum Gasteiger partial charge on any atom is -0.351 e. The molecule has 1 aromatic rings. The smallest absolute Gasteiger partial charge is 0.223 e. The second-order valence-electron chi connectivity index (χ2n) is 5.59. The average molecular weight is 279 g/mol. The molecule has 0 radical (unpaired) electrons. The molecule has 0 spiro atoms. The number of amides is 1. The molecular formula is C14H21N3OS. The summed E-state index contributed by atoms with van der Waals surface area (Å²) in [6.07, 6.45) is 8.77. The molecule has 1 aliphatic carbocycles. The maximum absolute atomic E-state index is 12.2. The lowest BCUT2D eigenvalue weighted by Crippen LogP contribution is -2.41. The number of nitrogens with zero attached hydrogens (tertiary/aromatic N) is 2. The van der Waals surface area contributed by atoms with Gasteiger partial charge in [0.25, 0.3) is 0 Å². The van der Waals surface area contributed by atoms with Gasteiger partial charge in [0.2, 0.25) is 5.91 Å². The van der Waals surface area contributed by atoms with Crippen LogP contribution in [0.4, 0.5) is 5.13 Å². The average Bonchev–Trinajstić information content (AvgIpc) is 3.10. The van der Waals surface area contributed by atoms with E-state index in [2.05, 4.69) is 15.2 Å². The molecule has 1 saturated heterocycles. The van der Waals surface area contributed by atoms with E-state index in [1.807, 2.05) is 11.6 Å². The van der Waals surface area contributed by atoms with Gasteiger partial charge in [-0.3, -0.25) is 4.79 Å². The van der Waals surface area contributed by atoms with Crippen LogP contribution in [0.5, 0.6) is 0 Å². The highest BCUT2D eigenvalue weighted by Gasteiger charge is 2.28. The molecule has 19 heavy (non-hydrogen) atoms. The maximum atomic E-state index is 12.2. The molecule has 1 aromatic heterocycles. The van der Waals surface area contributed by atoms with Gasteiger partial charge < -0.3 is 10.2 Å². The molecule has 104 valence electrons. The molecule has 2 heterocycles. The highest BCUT2D eigenvalue weighted by atomic mass is 32.1. The first-order valence-corrected chi connectivity index (χ1v) is 8.16. The molecule has 1 saturated carbocycles. The van der Waals surface area contributed by atoms with Crippen LogP contribution in [0, 0.1) is 5.92 Å². The Morgan fingerprint density at radius 1 is 1.32 bits per heavy atom. The van der Waals surface area contributed by atoms with Gasteiger partial charge in [-0.1, -0.05) is 19.3 Å². The lowest BCUT2D eigenvalue weighted by Gasteiger charge is -2.23. The fourth-order valence-corrected chi connectivity index (χ4v) is 3.79. The van der Waals surface area contributed by atoms with Crippen LogP contribution in [0.25, 0.3) is 0 Å². The summed E-state index contributed by atoms with van der Waals surface area (Å²) < 4.78 is 0. The van der Waals surface area contributed by atoms with Crippen LogP contribution in [0.15, 0.2) is 11.6 Å². The third-order valence-electron chi connectivity index (χ3n) is 4.20. The lowest BCUT2D eigenvalue weighted by molar-refractivity contribution is -0.126. The summed E-state index contributed by atoms with van der Waals surface area (Å²) in [4.78, 5) is 18.8. The molecule has 1 aliphatic heterocycles. The van der Waals surface area contributed by atoms with Crippen molar-refractivity contribution in [3.05, 3.63) is 11.6 Å². The van der Waals surface area contributed by atoms with Crippen LogP contribution in [0.1, 0.15) is 38.5 Å². The molecule has 0 unspecified atom stereocenters. The molecule has 2 fully saturated rings. The standard InChI is InChI=1S/C14H21N3OS/c18-13(11-4-2-1-3-5-11)16-12-6-8-17(10-12)14-15-7-9-19-14/h7,9,11-12H,1-6,8,10H2,(H,16,18)/t12-/m1/s1. The van der Waals surface area contributed by atoms with Crippen molar-refractivity contribution >= 4 is 22.4 Å². The fourth-order valence-electron chi connectivity index (χ4n) is 3.11. The van der Waals surface area contributed by atoms with Gasteiger partial charge >= 0.3 is 0 Å². The number of thiazole rings is 1. The van der Waals surface area contributed by atoms with Gasteiger partial charge in [-0.25, -0.2) is 4.98 Å². The largest absolute Gasteiger partial charge is 0.351 e. The topological polar surface area (TPSA) is 45.2 Å². The third kappa shape index (κ3) is 3.08. The van der Waals surface area contributed by atoms with Crippen LogP contribution in [0.2, 0.25) is 0 Å². The van der Waals surface area contributed by atoms with Crippen molar-refractivity contribution in [2.75, 3.05) is 18.0 Å². The molecule has 4 nitrogen and oxygen atoms in total. The van der Waals surface area contributed by atoms with E-state index in [-0.39, 0.29) is 11.8 Å². The number of hydrogen-bond acceptors (Lipinski definition) is 4. The van der Waals surface area contributed by atoms with Crippen molar-refractivity contribution in [3.63, 3.8) is 0 Å². The normalized spacial score (nSPS) is 24.6. The number of anilines is 1. The number of carbonyl (C=O) groups is 1. The van der Waals surface area contributed by atoms with Crippen LogP contribution < -0.4 is 10.2 Å². The van der Waals surface area contributed by atoms with Gasteiger partial charge in [0.1, 0.15) is 0 Å². The van der Waals surface area contributed by atoms with Crippen molar-refractivity contribution in [2.24, 2.45) is 5.92 Å². The Morgan fingerprint density at radius 2 is 2.16 bits per heavy atom. The Balaban J connectivity index is 1.50. The van der Waals surface area contributed by atoms with Gasteiger partial charge in [-0.15, -0.1) is 11.3 Å². The Bertz CT molecular complexity index is 414. The quantitative estimate of drug-likeness (QED) is 0.924. The predicted molar refractivity (Wildman–Crippen MR) is 77.4 cm³/mol. The van der Waals surface area contributed by atoms with Crippen molar-refractivity contribution in [1.82, 2.24) is 10.3 Å². The van der Waals surface area contributed by atoms with Crippen molar-refractivity contribution < 1.29 is 4.79 Å². The van der Waals surface area contributed by atoms with E-state index in [9.17, 15) is 4.79 Å². The molecule has 5 heteroatoms. The first-order valence-electron chi connectivity index (χ1n) is 7.28. The fraction of sp³-hybridized carbons (Fsp3) is 0.714. The second kappa shape index (κ2) is 5.90. The van der Waals surface area contributed by atoms with E-state index in [0.29, 0.717) is 6.04 Å². The number of aromatic nitrogens is 1.